The zero-order valence-corrected chi connectivity index (χ0v) is 18.0. The number of carbonyl (C=O) groups is 1. The predicted octanol–water partition coefficient (Wildman–Crippen LogP) is 4.92. The Morgan fingerprint density at radius 3 is 2.55 bits per heavy atom. The minimum atomic E-state index is -0.275. The Kier molecular flexibility index (Phi) is 7.72. The van der Waals surface area contributed by atoms with Gasteiger partial charge in [-0.25, -0.2) is 0 Å². The molecule has 1 fully saturated rings. The molecule has 1 aliphatic rings. The molecule has 0 atom stereocenters. The SMILES string of the molecule is CCOc1cc(C(=S)N2CCCCC2)cc(Cl)c1OCC(=O)Nc1ccccc1. The third-order valence-corrected chi connectivity index (χ3v) is 5.38. The van der Waals surface area contributed by atoms with Gasteiger partial charge in [0.05, 0.1) is 11.6 Å². The van der Waals surface area contributed by atoms with Crippen LogP contribution in [0.5, 0.6) is 11.5 Å². The van der Waals surface area contributed by atoms with Gasteiger partial charge in [-0.05, 0) is 50.5 Å². The molecule has 0 unspecified atom stereocenters. The van der Waals surface area contributed by atoms with Crippen molar-refractivity contribution in [1.29, 1.82) is 0 Å². The van der Waals surface area contributed by atoms with E-state index in [-0.39, 0.29) is 12.5 Å². The Labute approximate surface area is 181 Å². The fourth-order valence-corrected chi connectivity index (χ4v) is 3.80. The third kappa shape index (κ3) is 5.84. The largest absolute Gasteiger partial charge is 0.490 e. The third-order valence-electron chi connectivity index (χ3n) is 4.60. The number of anilines is 1. The van der Waals surface area contributed by atoms with E-state index in [9.17, 15) is 4.79 Å². The van der Waals surface area contributed by atoms with E-state index in [1.807, 2.05) is 43.3 Å². The van der Waals surface area contributed by atoms with Gasteiger partial charge in [0.25, 0.3) is 5.91 Å². The maximum absolute atomic E-state index is 12.2. The number of para-hydroxylation sites is 1. The fraction of sp³-hybridized carbons (Fsp3) is 0.364. The van der Waals surface area contributed by atoms with E-state index in [4.69, 9.17) is 33.3 Å². The van der Waals surface area contributed by atoms with Crippen molar-refractivity contribution in [3.05, 3.63) is 53.1 Å². The highest BCUT2D eigenvalue weighted by Gasteiger charge is 2.20. The number of rotatable bonds is 7. The molecule has 1 saturated heterocycles. The molecule has 1 amide bonds. The standard InChI is InChI=1S/C22H25ClN2O3S/c1-2-27-19-14-16(22(29)25-11-7-4-8-12-25)13-18(23)21(19)28-15-20(26)24-17-9-5-3-6-10-17/h3,5-6,9-10,13-14H,2,4,7-8,11-12,15H2,1H3,(H,24,26). The average Bonchev–Trinajstić information content (AvgIpc) is 2.74. The van der Waals surface area contributed by atoms with E-state index < -0.39 is 0 Å². The van der Waals surface area contributed by atoms with Gasteiger partial charge in [-0.15, -0.1) is 0 Å². The number of nitrogens with one attached hydrogen (secondary N) is 1. The highest BCUT2D eigenvalue weighted by Crippen LogP contribution is 2.37. The van der Waals surface area contributed by atoms with Gasteiger partial charge in [0.1, 0.15) is 4.99 Å². The Balaban J connectivity index is 1.72. The summed E-state index contributed by atoms with van der Waals surface area (Å²) in [5, 5.41) is 3.15. The molecule has 154 valence electrons. The molecule has 1 aliphatic heterocycles. The van der Waals surface area contributed by atoms with Crippen LogP contribution in [0.25, 0.3) is 0 Å². The van der Waals surface area contributed by atoms with Crippen LogP contribution in [0.1, 0.15) is 31.7 Å². The van der Waals surface area contributed by atoms with E-state index >= 15 is 0 Å². The first-order valence-electron chi connectivity index (χ1n) is 9.81. The molecule has 1 N–H and O–H groups in total. The number of thiocarbonyl (C=S) groups is 1. The fourth-order valence-electron chi connectivity index (χ4n) is 3.23. The molecule has 1 heterocycles. The Morgan fingerprint density at radius 1 is 1.14 bits per heavy atom. The molecule has 29 heavy (non-hydrogen) atoms. The van der Waals surface area contributed by atoms with Crippen LogP contribution in [0, 0.1) is 0 Å². The van der Waals surface area contributed by atoms with Gasteiger partial charge in [-0.3, -0.25) is 4.79 Å². The molecule has 0 saturated carbocycles. The summed E-state index contributed by atoms with van der Waals surface area (Å²) in [4.78, 5) is 15.2. The van der Waals surface area contributed by atoms with Crippen molar-refractivity contribution in [3.8, 4) is 11.5 Å². The number of hydrogen-bond acceptors (Lipinski definition) is 4. The predicted molar refractivity (Wildman–Crippen MR) is 120 cm³/mol. The minimum Gasteiger partial charge on any atom is -0.490 e. The number of carbonyl (C=O) groups excluding carboxylic acids is 1. The Hall–Kier alpha value is -2.31. The van der Waals surface area contributed by atoms with Crippen LogP contribution < -0.4 is 14.8 Å². The lowest BCUT2D eigenvalue weighted by Gasteiger charge is -2.29. The summed E-state index contributed by atoms with van der Waals surface area (Å²) in [6.45, 7) is 4.07. The van der Waals surface area contributed by atoms with Gasteiger partial charge >= 0.3 is 0 Å². The molecular formula is C22H25ClN2O3S. The highest BCUT2D eigenvalue weighted by molar-refractivity contribution is 7.80. The second kappa shape index (κ2) is 10.5. The summed E-state index contributed by atoms with van der Waals surface area (Å²) in [7, 11) is 0. The normalized spacial score (nSPS) is 13.7. The first-order valence-corrected chi connectivity index (χ1v) is 10.6. The first-order chi connectivity index (χ1) is 14.1. The van der Waals surface area contributed by atoms with Gasteiger partial charge < -0.3 is 19.7 Å². The maximum Gasteiger partial charge on any atom is 0.262 e. The molecule has 0 radical (unpaired) electrons. The number of likely N-dealkylation sites (tertiary alicyclic amines) is 1. The minimum absolute atomic E-state index is 0.176. The van der Waals surface area contributed by atoms with Gasteiger partial charge in [-0.1, -0.05) is 42.0 Å². The zero-order valence-electron chi connectivity index (χ0n) is 16.4. The lowest BCUT2D eigenvalue weighted by Crippen LogP contribution is -2.34. The van der Waals surface area contributed by atoms with Crippen LogP contribution in [0.15, 0.2) is 42.5 Å². The Morgan fingerprint density at radius 2 is 1.86 bits per heavy atom. The van der Waals surface area contributed by atoms with Gasteiger partial charge in [-0.2, -0.15) is 0 Å². The Bertz CT molecular complexity index is 855. The zero-order chi connectivity index (χ0) is 20.6. The molecule has 2 aromatic carbocycles. The first kappa shape index (κ1) is 21.4. The average molecular weight is 433 g/mol. The van der Waals surface area contributed by atoms with Crippen molar-refractivity contribution in [2.75, 3.05) is 31.6 Å². The lowest BCUT2D eigenvalue weighted by atomic mass is 10.1. The molecule has 0 spiro atoms. The van der Waals surface area contributed by atoms with Gasteiger partial charge in [0, 0.05) is 24.3 Å². The molecule has 7 heteroatoms. The van der Waals surface area contributed by atoms with E-state index in [0.29, 0.717) is 28.8 Å². The number of nitrogens with zero attached hydrogens (tertiary/aromatic N) is 1. The summed E-state index contributed by atoms with van der Waals surface area (Å²) in [6.07, 6.45) is 3.52. The monoisotopic (exact) mass is 432 g/mol. The smallest absolute Gasteiger partial charge is 0.262 e. The van der Waals surface area contributed by atoms with Crippen LogP contribution in [-0.2, 0) is 4.79 Å². The molecule has 2 aromatic rings. The van der Waals surface area contributed by atoms with Crippen molar-refractivity contribution in [2.24, 2.45) is 0 Å². The quantitative estimate of drug-likeness (QED) is 0.629. The van der Waals surface area contributed by atoms with E-state index in [2.05, 4.69) is 10.2 Å². The van der Waals surface area contributed by atoms with E-state index in [0.717, 1.165) is 36.5 Å². The summed E-state index contributed by atoms with van der Waals surface area (Å²) in [5.74, 6) is 0.562. The van der Waals surface area contributed by atoms with E-state index in [1.54, 1.807) is 6.07 Å². The number of benzene rings is 2. The van der Waals surface area contributed by atoms with Crippen LogP contribution in [0.4, 0.5) is 5.69 Å². The molecule has 0 bridgehead atoms. The molecule has 5 nitrogen and oxygen atoms in total. The van der Waals surface area contributed by atoms with Gasteiger partial charge in [0.2, 0.25) is 0 Å². The van der Waals surface area contributed by atoms with Crippen molar-refractivity contribution >= 4 is 40.4 Å². The van der Waals surface area contributed by atoms with E-state index in [1.165, 1.54) is 6.42 Å². The number of amides is 1. The summed E-state index contributed by atoms with van der Waals surface area (Å²) in [5.41, 5.74) is 1.54. The van der Waals surface area contributed by atoms with Crippen molar-refractivity contribution in [3.63, 3.8) is 0 Å². The van der Waals surface area contributed by atoms with Gasteiger partial charge in [0.15, 0.2) is 18.1 Å². The summed E-state index contributed by atoms with van der Waals surface area (Å²) >= 11 is 12.2. The van der Waals surface area contributed by atoms with Crippen molar-refractivity contribution < 1.29 is 14.3 Å². The van der Waals surface area contributed by atoms with Crippen LogP contribution in [0.3, 0.4) is 0 Å². The number of ether oxygens (including phenoxy) is 2. The number of piperidine rings is 1. The summed E-state index contributed by atoms with van der Waals surface area (Å²) in [6, 6.07) is 12.8. The summed E-state index contributed by atoms with van der Waals surface area (Å²) < 4.78 is 11.4. The number of halogens is 1. The van der Waals surface area contributed by atoms with Crippen LogP contribution >= 0.6 is 23.8 Å². The van der Waals surface area contributed by atoms with Crippen LogP contribution in [-0.4, -0.2) is 42.1 Å². The molecule has 0 aliphatic carbocycles. The molecular weight excluding hydrogens is 408 g/mol. The lowest BCUT2D eigenvalue weighted by molar-refractivity contribution is -0.118. The van der Waals surface area contributed by atoms with Crippen LogP contribution in [0.2, 0.25) is 5.02 Å². The number of hydrogen-bond donors (Lipinski definition) is 1. The molecule has 0 aromatic heterocycles. The second-order valence-electron chi connectivity index (χ2n) is 6.77. The van der Waals surface area contributed by atoms with Crippen molar-refractivity contribution in [1.82, 2.24) is 4.90 Å². The second-order valence-corrected chi connectivity index (χ2v) is 7.57. The van der Waals surface area contributed by atoms with Crippen molar-refractivity contribution in [2.45, 2.75) is 26.2 Å². The highest BCUT2D eigenvalue weighted by atomic mass is 35.5. The molecule has 3 rings (SSSR count). The maximum atomic E-state index is 12.2. The topological polar surface area (TPSA) is 50.8 Å².